The Hall–Kier alpha value is -0.0800. The first-order valence-corrected chi connectivity index (χ1v) is 7.26. The lowest BCUT2D eigenvalue weighted by atomic mass is 9.95. The first-order valence-electron chi connectivity index (χ1n) is 7.26. The Bertz CT molecular complexity index is 151. The van der Waals surface area contributed by atoms with Gasteiger partial charge in [0.05, 0.1) is 0 Å². The van der Waals surface area contributed by atoms with Crippen LogP contribution < -0.4 is 10.6 Å². The quantitative estimate of drug-likeness (QED) is 0.622. The fraction of sp³-hybridized carbons (Fsp3) is 1.00. The van der Waals surface area contributed by atoms with Gasteiger partial charge in [0.2, 0.25) is 0 Å². The van der Waals surface area contributed by atoms with Gasteiger partial charge in [0.1, 0.15) is 0 Å². The molecule has 2 N–H and O–H groups in total. The van der Waals surface area contributed by atoms with E-state index in [9.17, 15) is 0 Å². The summed E-state index contributed by atoms with van der Waals surface area (Å²) in [6.07, 6.45) is 11.2. The van der Waals surface area contributed by atoms with Crippen molar-refractivity contribution < 1.29 is 0 Å². The average molecular weight is 226 g/mol. The van der Waals surface area contributed by atoms with Crippen molar-refractivity contribution in [2.45, 2.75) is 77.3 Å². The summed E-state index contributed by atoms with van der Waals surface area (Å²) in [5.41, 5.74) is 0. The Balaban J connectivity index is 1.80. The summed E-state index contributed by atoms with van der Waals surface area (Å²) in [6.45, 7) is 6.84. The molecule has 1 saturated carbocycles. The summed E-state index contributed by atoms with van der Waals surface area (Å²) in [5, 5.41) is 7.17. The molecule has 0 heterocycles. The van der Waals surface area contributed by atoms with Gasteiger partial charge in [-0.15, -0.1) is 0 Å². The molecule has 0 aliphatic heterocycles. The molecular formula is C14H30N2. The van der Waals surface area contributed by atoms with Crippen LogP contribution in [0.5, 0.6) is 0 Å². The Morgan fingerprint density at radius 1 is 0.938 bits per heavy atom. The monoisotopic (exact) mass is 226 g/mol. The second-order valence-corrected chi connectivity index (χ2v) is 5.46. The van der Waals surface area contributed by atoms with Gasteiger partial charge in [0.25, 0.3) is 0 Å². The van der Waals surface area contributed by atoms with Gasteiger partial charge in [-0.1, -0.05) is 39.5 Å². The van der Waals surface area contributed by atoms with Crippen molar-refractivity contribution in [3.63, 3.8) is 0 Å². The maximum atomic E-state index is 3.70. The number of unbranched alkanes of at least 4 members (excludes halogenated alkanes) is 2. The predicted octanol–water partition coefficient (Wildman–Crippen LogP) is 3.08. The maximum absolute atomic E-state index is 3.70. The molecule has 0 aromatic heterocycles. The molecule has 0 radical (unpaired) electrons. The van der Waals surface area contributed by atoms with E-state index >= 15 is 0 Å². The zero-order valence-electron chi connectivity index (χ0n) is 11.2. The minimum absolute atomic E-state index is 0.639. The van der Waals surface area contributed by atoms with Gasteiger partial charge in [0.15, 0.2) is 0 Å². The number of hydrogen-bond donors (Lipinski definition) is 2. The van der Waals surface area contributed by atoms with Crippen LogP contribution in [-0.4, -0.2) is 25.2 Å². The van der Waals surface area contributed by atoms with Gasteiger partial charge in [-0.05, 0) is 38.8 Å². The van der Waals surface area contributed by atoms with Gasteiger partial charge in [-0.25, -0.2) is 0 Å². The van der Waals surface area contributed by atoms with Crippen LogP contribution in [0.2, 0.25) is 0 Å². The Morgan fingerprint density at radius 2 is 1.62 bits per heavy atom. The summed E-state index contributed by atoms with van der Waals surface area (Å²) in [4.78, 5) is 0. The summed E-state index contributed by atoms with van der Waals surface area (Å²) in [6, 6.07) is 1.47. The molecule has 0 unspecified atom stereocenters. The van der Waals surface area contributed by atoms with Crippen molar-refractivity contribution in [2.24, 2.45) is 0 Å². The van der Waals surface area contributed by atoms with E-state index in [1.54, 1.807) is 0 Å². The fourth-order valence-electron chi connectivity index (χ4n) is 2.43. The van der Waals surface area contributed by atoms with Crippen LogP contribution in [0.1, 0.15) is 65.2 Å². The molecule has 0 aromatic carbocycles. The number of hydrogen-bond acceptors (Lipinski definition) is 2. The standard InChI is InChI=1S/C14H30N2/c1-13(2)15-11-7-4-8-12-16-14-9-5-3-6-10-14/h13-16H,3-12H2,1-2H3. The highest BCUT2D eigenvalue weighted by Crippen LogP contribution is 2.17. The molecule has 16 heavy (non-hydrogen) atoms. The second-order valence-electron chi connectivity index (χ2n) is 5.46. The Kier molecular flexibility index (Phi) is 7.87. The van der Waals surface area contributed by atoms with E-state index in [0.717, 1.165) is 6.04 Å². The minimum Gasteiger partial charge on any atom is -0.315 e. The summed E-state index contributed by atoms with van der Waals surface area (Å²) in [5.74, 6) is 0. The molecule has 1 aliphatic carbocycles. The summed E-state index contributed by atoms with van der Waals surface area (Å²) >= 11 is 0. The second kappa shape index (κ2) is 9.00. The third-order valence-corrected chi connectivity index (χ3v) is 3.44. The van der Waals surface area contributed by atoms with Gasteiger partial charge in [-0.3, -0.25) is 0 Å². The molecule has 96 valence electrons. The average Bonchev–Trinajstić information content (AvgIpc) is 2.29. The molecule has 1 rings (SSSR count). The third kappa shape index (κ3) is 7.24. The van der Waals surface area contributed by atoms with E-state index in [1.165, 1.54) is 64.5 Å². The van der Waals surface area contributed by atoms with Gasteiger partial charge in [-0.2, -0.15) is 0 Å². The molecule has 0 saturated heterocycles. The van der Waals surface area contributed by atoms with Crippen molar-refractivity contribution >= 4 is 0 Å². The highest BCUT2D eigenvalue weighted by molar-refractivity contribution is 4.71. The van der Waals surface area contributed by atoms with Crippen molar-refractivity contribution in [1.82, 2.24) is 10.6 Å². The SMILES string of the molecule is CC(C)NCCCCCNC1CCCCC1. The van der Waals surface area contributed by atoms with E-state index in [-0.39, 0.29) is 0 Å². The van der Waals surface area contributed by atoms with Crippen LogP contribution in [0.4, 0.5) is 0 Å². The molecule has 1 fully saturated rings. The lowest BCUT2D eigenvalue weighted by Crippen LogP contribution is -2.31. The third-order valence-electron chi connectivity index (χ3n) is 3.44. The smallest absolute Gasteiger partial charge is 0.00670 e. The molecule has 1 aliphatic rings. The highest BCUT2D eigenvalue weighted by Gasteiger charge is 2.11. The van der Waals surface area contributed by atoms with Crippen molar-refractivity contribution in [2.75, 3.05) is 13.1 Å². The molecule has 0 aromatic rings. The van der Waals surface area contributed by atoms with Crippen LogP contribution in [0.25, 0.3) is 0 Å². The minimum atomic E-state index is 0.639. The van der Waals surface area contributed by atoms with E-state index in [2.05, 4.69) is 24.5 Å². The first kappa shape index (κ1) is 14.0. The van der Waals surface area contributed by atoms with Gasteiger partial charge < -0.3 is 10.6 Å². The van der Waals surface area contributed by atoms with Gasteiger partial charge >= 0.3 is 0 Å². The molecule has 2 heteroatoms. The molecular weight excluding hydrogens is 196 g/mol. The lowest BCUT2D eigenvalue weighted by molar-refractivity contribution is 0.370. The zero-order chi connectivity index (χ0) is 11.6. The van der Waals surface area contributed by atoms with E-state index in [0.29, 0.717) is 6.04 Å². The van der Waals surface area contributed by atoms with Crippen molar-refractivity contribution in [3.05, 3.63) is 0 Å². The fourth-order valence-corrected chi connectivity index (χ4v) is 2.43. The molecule has 0 bridgehead atoms. The highest BCUT2D eigenvalue weighted by atomic mass is 14.9. The van der Waals surface area contributed by atoms with Gasteiger partial charge in [0, 0.05) is 12.1 Å². The largest absolute Gasteiger partial charge is 0.315 e. The molecule has 2 nitrogen and oxygen atoms in total. The van der Waals surface area contributed by atoms with Crippen LogP contribution in [0.15, 0.2) is 0 Å². The summed E-state index contributed by atoms with van der Waals surface area (Å²) < 4.78 is 0. The van der Waals surface area contributed by atoms with Crippen LogP contribution in [0, 0.1) is 0 Å². The number of nitrogens with one attached hydrogen (secondary N) is 2. The Labute approximate surface area is 102 Å². The zero-order valence-corrected chi connectivity index (χ0v) is 11.2. The number of rotatable bonds is 8. The predicted molar refractivity (Wildman–Crippen MR) is 71.9 cm³/mol. The molecule has 0 spiro atoms. The topological polar surface area (TPSA) is 24.1 Å². The van der Waals surface area contributed by atoms with Crippen LogP contribution >= 0.6 is 0 Å². The maximum Gasteiger partial charge on any atom is 0.00670 e. The van der Waals surface area contributed by atoms with Crippen LogP contribution in [-0.2, 0) is 0 Å². The lowest BCUT2D eigenvalue weighted by Gasteiger charge is -2.22. The van der Waals surface area contributed by atoms with Crippen molar-refractivity contribution in [3.8, 4) is 0 Å². The van der Waals surface area contributed by atoms with E-state index in [1.807, 2.05) is 0 Å². The van der Waals surface area contributed by atoms with Crippen LogP contribution in [0.3, 0.4) is 0 Å². The molecule has 0 atom stereocenters. The van der Waals surface area contributed by atoms with E-state index in [4.69, 9.17) is 0 Å². The first-order chi connectivity index (χ1) is 7.79. The van der Waals surface area contributed by atoms with Crippen molar-refractivity contribution in [1.29, 1.82) is 0 Å². The molecule has 0 amide bonds. The normalized spacial score (nSPS) is 18.2. The Morgan fingerprint density at radius 3 is 2.31 bits per heavy atom. The van der Waals surface area contributed by atoms with E-state index < -0.39 is 0 Å². The summed E-state index contributed by atoms with van der Waals surface area (Å²) in [7, 11) is 0.